The van der Waals surface area contributed by atoms with Gasteiger partial charge in [-0.2, -0.15) is 0 Å². The number of carbonyl (C=O) groups is 2. The fraction of sp³-hybridized carbons (Fsp3) is 0.750. The van der Waals surface area contributed by atoms with Crippen LogP contribution in [0.15, 0.2) is 0 Å². The molecule has 2 N–H and O–H groups in total. The Balaban J connectivity index is 0. The Labute approximate surface area is 73.0 Å². The van der Waals surface area contributed by atoms with Crippen molar-refractivity contribution in [2.24, 2.45) is 0 Å². The fourth-order valence-electron chi connectivity index (χ4n) is 0.504. The molecule has 0 atom stereocenters. The molecule has 0 aliphatic heterocycles. The summed E-state index contributed by atoms with van der Waals surface area (Å²) in [6, 6.07) is 0. The summed E-state index contributed by atoms with van der Waals surface area (Å²) in [4.78, 5) is 20.2. The van der Waals surface area contributed by atoms with E-state index >= 15 is 0 Å². The van der Waals surface area contributed by atoms with Crippen LogP contribution in [0.1, 0.15) is 33.6 Å². The zero-order chi connectivity index (χ0) is 9.98. The van der Waals surface area contributed by atoms with Gasteiger partial charge in [0.25, 0.3) is 0 Å². The Morgan fingerprint density at radius 1 is 1.33 bits per heavy atom. The predicted octanol–water partition coefficient (Wildman–Crippen LogP) is 1.01. The van der Waals surface area contributed by atoms with E-state index in [2.05, 4.69) is 5.32 Å². The molecular weight excluding hydrogens is 158 g/mol. The van der Waals surface area contributed by atoms with Crippen molar-refractivity contribution in [1.29, 1.82) is 0 Å². The Bertz CT molecular complexity index is 118. The van der Waals surface area contributed by atoms with Crippen LogP contribution in [0.3, 0.4) is 0 Å². The number of carboxylic acids is 1. The van der Waals surface area contributed by atoms with Crippen LogP contribution >= 0.6 is 0 Å². The molecule has 72 valence electrons. The first-order chi connectivity index (χ1) is 5.63. The van der Waals surface area contributed by atoms with Gasteiger partial charge in [0.05, 0.1) is 0 Å². The molecular formula is C8H17NO3. The highest BCUT2D eigenvalue weighted by molar-refractivity contribution is 5.72. The topological polar surface area (TPSA) is 66.4 Å². The normalized spacial score (nSPS) is 7.92. The van der Waals surface area contributed by atoms with Gasteiger partial charge in [-0.15, -0.1) is 0 Å². The lowest BCUT2D eigenvalue weighted by Crippen LogP contribution is -2.21. The van der Waals surface area contributed by atoms with Crippen molar-refractivity contribution >= 4 is 11.9 Å². The summed E-state index contributed by atoms with van der Waals surface area (Å²) in [5.41, 5.74) is 0. The van der Waals surface area contributed by atoms with Crippen molar-refractivity contribution in [3.63, 3.8) is 0 Å². The molecule has 0 aromatic heterocycles. The van der Waals surface area contributed by atoms with E-state index in [0.717, 1.165) is 0 Å². The van der Waals surface area contributed by atoms with Gasteiger partial charge < -0.3 is 10.4 Å². The maximum Gasteiger partial charge on any atom is 0.303 e. The predicted molar refractivity (Wildman–Crippen MR) is 46.9 cm³/mol. The molecule has 0 aliphatic rings. The average molecular weight is 175 g/mol. The van der Waals surface area contributed by atoms with Gasteiger partial charge in [-0.1, -0.05) is 13.8 Å². The molecule has 12 heavy (non-hydrogen) atoms. The van der Waals surface area contributed by atoms with Crippen molar-refractivity contribution in [2.75, 3.05) is 6.54 Å². The van der Waals surface area contributed by atoms with Gasteiger partial charge in [-0.05, 0) is 6.42 Å². The average Bonchev–Trinajstić information content (AvgIpc) is 2.02. The minimum atomic E-state index is -0.828. The van der Waals surface area contributed by atoms with E-state index in [1.54, 1.807) is 0 Å². The summed E-state index contributed by atoms with van der Waals surface area (Å²) in [5.74, 6) is -0.948. The van der Waals surface area contributed by atoms with Crippen molar-refractivity contribution in [3.8, 4) is 0 Å². The molecule has 4 heteroatoms. The van der Waals surface area contributed by atoms with Crippen LogP contribution in [0.5, 0.6) is 0 Å². The Morgan fingerprint density at radius 3 is 2.17 bits per heavy atom. The molecule has 0 spiro atoms. The van der Waals surface area contributed by atoms with Crippen LogP contribution in [-0.2, 0) is 9.59 Å². The molecule has 0 saturated carbocycles. The molecule has 0 radical (unpaired) electrons. The zero-order valence-corrected chi connectivity index (χ0v) is 7.89. The van der Waals surface area contributed by atoms with E-state index in [0.29, 0.717) is 13.0 Å². The number of hydrogen-bond acceptors (Lipinski definition) is 2. The number of amides is 1. The van der Waals surface area contributed by atoms with Gasteiger partial charge in [-0.3, -0.25) is 9.59 Å². The van der Waals surface area contributed by atoms with Crippen LogP contribution in [0, 0.1) is 0 Å². The third kappa shape index (κ3) is 16.0. The largest absolute Gasteiger partial charge is 0.481 e. The number of nitrogens with one attached hydrogen (secondary N) is 1. The summed E-state index contributed by atoms with van der Waals surface area (Å²) >= 11 is 0. The summed E-state index contributed by atoms with van der Waals surface area (Å²) in [6.07, 6.45) is 0.606. The molecule has 0 bridgehead atoms. The minimum Gasteiger partial charge on any atom is -0.481 e. The first-order valence-corrected chi connectivity index (χ1v) is 4.09. The van der Waals surface area contributed by atoms with Crippen molar-refractivity contribution in [3.05, 3.63) is 0 Å². The summed E-state index contributed by atoms with van der Waals surface area (Å²) in [5, 5.41) is 10.7. The van der Waals surface area contributed by atoms with Crippen LogP contribution in [0.25, 0.3) is 0 Å². The SMILES string of the molecule is CC.CC(=O)NCCCC(=O)O. The monoisotopic (exact) mass is 175 g/mol. The fourth-order valence-corrected chi connectivity index (χ4v) is 0.504. The Morgan fingerprint density at radius 2 is 1.83 bits per heavy atom. The molecule has 0 fully saturated rings. The summed E-state index contributed by atoms with van der Waals surface area (Å²) in [6.45, 7) is 5.85. The lowest BCUT2D eigenvalue weighted by atomic mass is 10.3. The molecule has 0 rings (SSSR count). The highest BCUT2D eigenvalue weighted by Crippen LogP contribution is 1.84. The summed E-state index contributed by atoms with van der Waals surface area (Å²) < 4.78 is 0. The molecule has 1 amide bonds. The first-order valence-electron chi connectivity index (χ1n) is 4.09. The lowest BCUT2D eigenvalue weighted by Gasteiger charge is -1.97. The number of carboxylic acid groups (broad SMARTS) is 1. The smallest absolute Gasteiger partial charge is 0.303 e. The van der Waals surface area contributed by atoms with Crippen molar-refractivity contribution in [1.82, 2.24) is 5.32 Å². The van der Waals surface area contributed by atoms with E-state index in [1.807, 2.05) is 13.8 Å². The maximum absolute atomic E-state index is 10.2. The van der Waals surface area contributed by atoms with Gasteiger partial charge >= 0.3 is 5.97 Å². The zero-order valence-electron chi connectivity index (χ0n) is 7.89. The minimum absolute atomic E-state index is 0.111. The highest BCUT2D eigenvalue weighted by atomic mass is 16.4. The molecule has 4 nitrogen and oxygen atoms in total. The molecule has 0 unspecified atom stereocenters. The quantitative estimate of drug-likeness (QED) is 0.627. The maximum atomic E-state index is 10.2. The van der Waals surface area contributed by atoms with E-state index in [-0.39, 0.29) is 12.3 Å². The third-order valence-electron chi connectivity index (χ3n) is 0.941. The number of rotatable bonds is 4. The van der Waals surface area contributed by atoms with E-state index in [9.17, 15) is 9.59 Å². The van der Waals surface area contributed by atoms with Crippen molar-refractivity contribution in [2.45, 2.75) is 33.6 Å². The van der Waals surface area contributed by atoms with Gasteiger partial charge in [0.2, 0.25) is 5.91 Å². The van der Waals surface area contributed by atoms with E-state index in [4.69, 9.17) is 5.11 Å². The molecule has 0 aromatic rings. The second-order valence-electron chi connectivity index (χ2n) is 1.98. The molecule has 0 heterocycles. The Hall–Kier alpha value is -1.06. The molecule has 0 aromatic carbocycles. The Kier molecular flexibility index (Phi) is 11.2. The van der Waals surface area contributed by atoms with Crippen LogP contribution < -0.4 is 5.32 Å². The second-order valence-corrected chi connectivity index (χ2v) is 1.98. The molecule has 0 saturated heterocycles. The van der Waals surface area contributed by atoms with Crippen LogP contribution in [-0.4, -0.2) is 23.5 Å². The second kappa shape index (κ2) is 9.94. The van der Waals surface area contributed by atoms with E-state index in [1.165, 1.54) is 6.92 Å². The van der Waals surface area contributed by atoms with Gasteiger partial charge in [0.1, 0.15) is 0 Å². The lowest BCUT2D eigenvalue weighted by molar-refractivity contribution is -0.137. The highest BCUT2D eigenvalue weighted by Gasteiger charge is 1.95. The number of aliphatic carboxylic acids is 1. The van der Waals surface area contributed by atoms with Crippen LogP contribution in [0.4, 0.5) is 0 Å². The van der Waals surface area contributed by atoms with Crippen LogP contribution in [0.2, 0.25) is 0 Å². The number of carbonyl (C=O) groups excluding carboxylic acids is 1. The van der Waals surface area contributed by atoms with Gasteiger partial charge in [-0.25, -0.2) is 0 Å². The summed E-state index contributed by atoms with van der Waals surface area (Å²) in [7, 11) is 0. The third-order valence-corrected chi connectivity index (χ3v) is 0.941. The van der Waals surface area contributed by atoms with Gasteiger partial charge in [0.15, 0.2) is 0 Å². The van der Waals surface area contributed by atoms with Crippen molar-refractivity contribution < 1.29 is 14.7 Å². The van der Waals surface area contributed by atoms with E-state index < -0.39 is 5.97 Å². The first kappa shape index (κ1) is 13.5. The standard InChI is InChI=1S/C6H11NO3.C2H6/c1-5(8)7-4-2-3-6(9)10;1-2/h2-4H2,1H3,(H,7,8)(H,9,10);1-2H3. The molecule has 0 aliphatic carbocycles. The van der Waals surface area contributed by atoms with Gasteiger partial charge in [0, 0.05) is 19.9 Å². The number of hydrogen-bond donors (Lipinski definition) is 2.